The van der Waals surface area contributed by atoms with Gasteiger partial charge in [0.25, 0.3) is 6.43 Å². The van der Waals surface area contributed by atoms with Crippen LogP contribution < -0.4 is 4.74 Å². The number of carbonyl (C=O) groups excluding carboxylic acids is 2. The summed E-state index contributed by atoms with van der Waals surface area (Å²) in [6, 6.07) is 2.74. The van der Waals surface area contributed by atoms with Gasteiger partial charge in [-0.05, 0) is 62.1 Å². The first-order valence-corrected chi connectivity index (χ1v) is 15.7. The van der Waals surface area contributed by atoms with Crippen LogP contribution in [-0.2, 0) is 27.4 Å². The predicted molar refractivity (Wildman–Crippen MR) is 152 cm³/mol. The molecule has 2 saturated carbocycles. The number of thiazole rings is 1. The molecule has 0 unspecified atom stereocenters. The van der Waals surface area contributed by atoms with Gasteiger partial charge >= 0.3 is 5.97 Å². The fourth-order valence-corrected chi connectivity index (χ4v) is 8.03. The average Bonchev–Trinajstić information content (AvgIpc) is 3.39. The quantitative estimate of drug-likeness (QED) is 0.386. The van der Waals surface area contributed by atoms with E-state index >= 15 is 0 Å². The van der Waals surface area contributed by atoms with Gasteiger partial charge in [-0.15, -0.1) is 11.3 Å². The largest absolute Gasteiger partial charge is 0.487 e. The Balaban J connectivity index is 1.38. The number of fused-ring (bicyclic) bond motifs is 1. The molecule has 42 heavy (non-hydrogen) atoms. The maximum Gasteiger partial charge on any atom is 0.310 e. The van der Waals surface area contributed by atoms with Gasteiger partial charge in [-0.1, -0.05) is 24.4 Å². The third kappa shape index (κ3) is 5.16. The molecule has 2 amide bonds. The summed E-state index contributed by atoms with van der Waals surface area (Å²) < 4.78 is 33.2. The van der Waals surface area contributed by atoms with Gasteiger partial charge in [-0.3, -0.25) is 14.4 Å². The van der Waals surface area contributed by atoms with E-state index in [0.717, 1.165) is 42.6 Å². The fourth-order valence-electron chi connectivity index (χ4n) is 7.12. The highest BCUT2D eigenvalue weighted by atomic mass is 35.5. The van der Waals surface area contributed by atoms with Crippen molar-refractivity contribution in [2.45, 2.75) is 77.4 Å². The van der Waals surface area contributed by atoms with Gasteiger partial charge in [0.15, 0.2) is 0 Å². The summed E-state index contributed by atoms with van der Waals surface area (Å²) in [5, 5.41) is 10.6. The van der Waals surface area contributed by atoms with Gasteiger partial charge in [-0.25, -0.2) is 13.8 Å². The molecule has 6 rings (SSSR count). The van der Waals surface area contributed by atoms with E-state index in [0.29, 0.717) is 55.1 Å². The summed E-state index contributed by atoms with van der Waals surface area (Å²) >= 11 is 7.55. The number of halogens is 3. The molecule has 2 aromatic rings. The van der Waals surface area contributed by atoms with Crippen LogP contribution >= 0.6 is 22.9 Å². The van der Waals surface area contributed by atoms with Crippen molar-refractivity contribution in [1.29, 1.82) is 0 Å². The number of hydrogen-bond donors (Lipinski definition) is 1. The lowest BCUT2D eigenvalue weighted by atomic mass is 9.66. The summed E-state index contributed by atoms with van der Waals surface area (Å²) in [6.45, 7) is 2.63. The number of aliphatic carboxylic acids is 1. The zero-order chi connectivity index (χ0) is 29.8. The second-order valence-electron chi connectivity index (χ2n) is 12.5. The van der Waals surface area contributed by atoms with Crippen LogP contribution in [0.25, 0.3) is 0 Å². The molecule has 4 aliphatic rings. The molecule has 3 heterocycles. The van der Waals surface area contributed by atoms with Crippen LogP contribution in [0.1, 0.15) is 86.0 Å². The molecule has 1 saturated heterocycles. The monoisotopic (exact) mass is 621 g/mol. The highest BCUT2D eigenvalue weighted by molar-refractivity contribution is 7.09. The van der Waals surface area contributed by atoms with Crippen molar-refractivity contribution >= 4 is 40.7 Å². The fraction of sp³-hybridized carbons (Fsp3) is 0.600. The molecule has 0 bridgehead atoms. The highest BCUT2D eigenvalue weighted by Crippen LogP contribution is 2.54. The molecule has 1 N–H and O–H groups in total. The van der Waals surface area contributed by atoms with E-state index in [2.05, 4.69) is 4.98 Å². The summed E-state index contributed by atoms with van der Waals surface area (Å²) in [6.07, 6.45) is 2.63. The molecule has 12 heteroatoms. The predicted octanol–water partition coefficient (Wildman–Crippen LogP) is 6.03. The number of nitrogens with zero attached hydrogens (tertiary/aromatic N) is 3. The number of ether oxygens (including phenoxy) is 1. The number of rotatable bonds is 8. The Hall–Kier alpha value is -2.79. The average molecular weight is 622 g/mol. The number of carbonyl (C=O) groups is 3. The Bertz CT molecular complexity index is 1420. The molecule has 2 aliphatic carbocycles. The van der Waals surface area contributed by atoms with Crippen molar-refractivity contribution in [1.82, 2.24) is 14.8 Å². The molecule has 8 nitrogen and oxygen atoms in total. The van der Waals surface area contributed by atoms with Gasteiger partial charge in [-0.2, -0.15) is 0 Å². The van der Waals surface area contributed by atoms with Crippen LogP contribution in [0.2, 0.25) is 5.02 Å². The maximum absolute atomic E-state index is 14.3. The number of hydrogen-bond acceptors (Lipinski definition) is 6. The summed E-state index contributed by atoms with van der Waals surface area (Å²) in [5.41, 5.74) is 1.76. The van der Waals surface area contributed by atoms with Crippen molar-refractivity contribution in [3.63, 3.8) is 0 Å². The van der Waals surface area contributed by atoms with Crippen LogP contribution in [0.3, 0.4) is 0 Å². The lowest BCUT2D eigenvalue weighted by molar-refractivity contribution is -0.162. The van der Waals surface area contributed by atoms with Crippen molar-refractivity contribution in [2.24, 2.45) is 16.7 Å². The van der Waals surface area contributed by atoms with Gasteiger partial charge in [0.1, 0.15) is 12.4 Å². The number of carboxylic acids is 1. The molecule has 2 aliphatic heterocycles. The molecule has 0 radical (unpaired) electrons. The van der Waals surface area contributed by atoms with Crippen LogP contribution in [-0.4, -0.2) is 57.3 Å². The molecule has 1 aromatic carbocycles. The van der Waals surface area contributed by atoms with E-state index in [1.54, 1.807) is 24.0 Å². The molecular formula is C30H34ClF2N3O5S. The van der Waals surface area contributed by atoms with Crippen molar-refractivity contribution in [3.8, 4) is 5.75 Å². The highest BCUT2D eigenvalue weighted by Gasteiger charge is 2.54. The van der Waals surface area contributed by atoms with Gasteiger partial charge in [0.2, 0.25) is 11.8 Å². The Kier molecular flexibility index (Phi) is 7.70. The molecular weight excluding hydrogens is 588 g/mol. The van der Waals surface area contributed by atoms with E-state index in [1.165, 1.54) is 5.51 Å². The maximum atomic E-state index is 14.3. The number of amides is 2. The first kappa shape index (κ1) is 29.3. The summed E-state index contributed by atoms with van der Waals surface area (Å²) in [5.74, 6) is -1.50. The lowest BCUT2D eigenvalue weighted by Crippen LogP contribution is -2.52. The Labute approximate surface area is 252 Å². The van der Waals surface area contributed by atoms with Crippen molar-refractivity contribution < 1.29 is 33.0 Å². The van der Waals surface area contributed by atoms with Crippen molar-refractivity contribution in [3.05, 3.63) is 44.4 Å². The normalized spacial score (nSPS) is 26.5. The molecule has 226 valence electrons. The molecule has 1 spiro atoms. The third-order valence-corrected chi connectivity index (χ3v) is 11.1. The summed E-state index contributed by atoms with van der Waals surface area (Å²) in [4.78, 5) is 47.3. The Morgan fingerprint density at radius 2 is 2.05 bits per heavy atom. The van der Waals surface area contributed by atoms with E-state index < -0.39 is 29.8 Å². The molecule has 1 aromatic heterocycles. The zero-order valence-electron chi connectivity index (χ0n) is 23.4. The topological polar surface area (TPSA) is 100 Å². The molecule has 3 atom stereocenters. The summed E-state index contributed by atoms with van der Waals surface area (Å²) in [7, 11) is 0. The smallest absolute Gasteiger partial charge is 0.310 e. The number of benzene rings is 1. The Morgan fingerprint density at radius 1 is 1.26 bits per heavy atom. The van der Waals surface area contributed by atoms with Crippen LogP contribution in [0.4, 0.5) is 8.78 Å². The number of aromatic nitrogens is 1. The minimum Gasteiger partial charge on any atom is -0.487 e. The minimum atomic E-state index is -2.67. The Morgan fingerprint density at radius 3 is 2.74 bits per heavy atom. The second kappa shape index (κ2) is 11.0. The SMILES string of the molecule is C[C@]1(C(=O)O)CCCC[C@H]1C(=O)N1CCc2c(Cl)ccc(OCc3ncsc3C(F)F)c2[C@H]1CN1CC2(CC2)CC1=O. The van der Waals surface area contributed by atoms with E-state index in [1.807, 2.05) is 4.90 Å². The molecule has 3 fully saturated rings. The van der Waals surface area contributed by atoms with Crippen LogP contribution in [0, 0.1) is 16.7 Å². The third-order valence-electron chi connectivity index (χ3n) is 9.84. The first-order valence-electron chi connectivity index (χ1n) is 14.5. The van der Waals surface area contributed by atoms with E-state index in [4.69, 9.17) is 16.3 Å². The van der Waals surface area contributed by atoms with Gasteiger partial charge in [0.05, 0.1) is 33.5 Å². The van der Waals surface area contributed by atoms with Gasteiger partial charge in [0, 0.05) is 36.6 Å². The second-order valence-corrected chi connectivity index (χ2v) is 13.8. The van der Waals surface area contributed by atoms with Crippen LogP contribution in [0.5, 0.6) is 5.75 Å². The first-order chi connectivity index (χ1) is 20.0. The van der Waals surface area contributed by atoms with E-state index in [-0.39, 0.29) is 41.0 Å². The standard InChI is InChI=1S/C30H34ClF2N3O5S/c1-29(28(39)40)8-3-2-4-18(29)27(38)36-11-7-17-19(31)5-6-22(41-14-20-25(26(32)33)42-16-34-20)24(17)21(36)13-35-15-30(9-10-30)12-23(35)37/h5-6,16,18,21,26H,2-4,7-15H2,1H3,(H,39,40)/t18-,21+,29-/m0/s1. The minimum absolute atomic E-state index is 0.0125. The zero-order valence-corrected chi connectivity index (χ0v) is 25.0. The van der Waals surface area contributed by atoms with Crippen LogP contribution in [0.15, 0.2) is 17.6 Å². The van der Waals surface area contributed by atoms with Crippen molar-refractivity contribution in [2.75, 3.05) is 19.6 Å². The van der Waals surface area contributed by atoms with E-state index in [9.17, 15) is 28.3 Å². The number of carboxylic acid groups (broad SMARTS) is 1. The number of likely N-dealkylation sites (tertiary alicyclic amines) is 1. The lowest BCUT2D eigenvalue weighted by Gasteiger charge is -2.45. The number of alkyl halides is 2. The van der Waals surface area contributed by atoms with Gasteiger partial charge < -0.3 is 19.6 Å².